The standard InChI is InChI=1S/C16H13NO2S2/c1-2-17-15(19)14(21-16(17)20)9-12-11-6-4-3-5-10(11)7-8-13(12)18/h3-9,19H,2H2,1H3/b12-9-. The van der Waals surface area contributed by atoms with E-state index >= 15 is 0 Å². The molecular weight excluding hydrogens is 302 g/mol. The Morgan fingerprint density at radius 1 is 1.33 bits per heavy atom. The molecule has 0 unspecified atom stereocenters. The van der Waals surface area contributed by atoms with E-state index in [1.54, 1.807) is 16.7 Å². The van der Waals surface area contributed by atoms with Crippen LogP contribution in [0, 0.1) is 3.95 Å². The van der Waals surface area contributed by atoms with Gasteiger partial charge in [0.15, 0.2) is 9.74 Å². The Balaban J connectivity index is 2.18. The van der Waals surface area contributed by atoms with Crippen LogP contribution in [0.4, 0.5) is 0 Å². The average molecular weight is 315 g/mol. The van der Waals surface area contributed by atoms with Gasteiger partial charge < -0.3 is 5.11 Å². The summed E-state index contributed by atoms with van der Waals surface area (Å²) in [6, 6.07) is 7.71. The zero-order valence-electron chi connectivity index (χ0n) is 11.4. The summed E-state index contributed by atoms with van der Waals surface area (Å²) in [4.78, 5) is 12.8. The van der Waals surface area contributed by atoms with Gasteiger partial charge in [0.1, 0.15) is 0 Å². The molecule has 2 aromatic rings. The summed E-state index contributed by atoms with van der Waals surface area (Å²) in [7, 11) is 0. The lowest BCUT2D eigenvalue weighted by Crippen LogP contribution is -2.04. The molecule has 3 nitrogen and oxygen atoms in total. The van der Waals surface area contributed by atoms with Gasteiger partial charge in [0.2, 0.25) is 5.88 Å². The predicted octanol–water partition coefficient (Wildman–Crippen LogP) is 4.14. The first kappa shape index (κ1) is 14.0. The van der Waals surface area contributed by atoms with E-state index in [9.17, 15) is 9.90 Å². The molecule has 0 atom stereocenters. The molecular formula is C16H13NO2S2. The van der Waals surface area contributed by atoms with Crippen LogP contribution in [0.15, 0.2) is 30.3 Å². The molecule has 1 aromatic carbocycles. The van der Waals surface area contributed by atoms with Gasteiger partial charge in [0.25, 0.3) is 0 Å². The second kappa shape index (κ2) is 5.42. The number of allylic oxidation sites excluding steroid dienone is 2. The van der Waals surface area contributed by atoms with Crippen molar-refractivity contribution in [2.24, 2.45) is 0 Å². The molecule has 0 saturated carbocycles. The van der Waals surface area contributed by atoms with Crippen molar-refractivity contribution in [1.29, 1.82) is 0 Å². The molecule has 3 rings (SSSR count). The Labute approximate surface area is 131 Å². The number of aromatic nitrogens is 1. The van der Waals surface area contributed by atoms with Crippen LogP contribution in [0.2, 0.25) is 0 Å². The number of hydrogen-bond acceptors (Lipinski definition) is 4. The maximum atomic E-state index is 12.2. The highest BCUT2D eigenvalue weighted by molar-refractivity contribution is 7.73. The average Bonchev–Trinajstić information content (AvgIpc) is 2.76. The molecule has 1 aliphatic rings. The van der Waals surface area contributed by atoms with Gasteiger partial charge >= 0.3 is 0 Å². The lowest BCUT2D eigenvalue weighted by molar-refractivity contribution is -0.109. The van der Waals surface area contributed by atoms with Crippen LogP contribution in [0.3, 0.4) is 0 Å². The van der Waals surface area contributed by atoms with E-state index in [-0.39, 0.29) is 11.7 Å². The van der Waals surface area contributed by atoms with Crippen LogP contribution in [-0.4, -0.2) is 15.5 Å². The van der Waals surface area contributed by atoms with Gasteiger partial charge in [-0.2, -0.15) is 0 Å². The third-order valence-corrected chi connectivity index (χ3v) is 4.80. The van der Waals surface area contributed by atoms with E-state index < -0.39 is 0 Å². The molecule has 0 radical (unpaired) electrons. The molecule has 0 bridgehead atoms. The minimum atomic E-state index is -0.0598. The van der Waals surface area contributed by atoms with Crippen molar-refractivity contribution in [1.82, 2.24) is 4.57 Å². The summed E-state index contributed by atoms with van der Waals surface area (Å²) >= 11 is 6.54. The second-order valence-electron chi connectivity index (χ2n) is 4.64. The highest BCUT2D eigenvalue weighted by Crippen LogP contribution is 2.33. The zero-order chi connectivity index (χ0) is 15.0. The quantitative estimate of drug-likeness (QED) is 0.669. The van der Waals surface area contributed by atoms with E-state index in [0.29, 0.717) is 20.9 Å². The lowest BCUT2D eigenvalue weighted by Gasteiger charge is -2.12. The number of aromatic hydroxyl groups is 1. The third kappa shape index (κ3) is 2.39. The molecule has 1 aliphatic carbocycles. The van der Waals surface area contributed by atoms with E-state index in [4.69, 9.17) is 12.2 Å². The van der Waals surface area contributed by atoms with Crippen LogP contribution in [-0.2, 0) is 11.3 Å². The van der Waals surface area contributed by atoms with Gasteiger partial charge in [-0.25, -0.2) is 0 Å². The first-order valence-electron chi connectivity index (χ1n) is 6.58. The number of thiazole rings is 1. The summed E-state index contributed by atoms with van der Waals surface area (Å²) in [5, 5.41) is 10.2. The molecule has 0 fully saturated rings. The zero-order valence-corrected chi connectivity index (χ0v) is 13.0. The van der Waals surface area contributed by atoms with Gasteiger partial charge in [0, 0.05) is 12.1 Å². The van der Waals surface area contributed by atoms with Crippen LogP contribution >= 0.6 is 23.6 Å². The van der Waals surface area contributed by atoms with Crippen LogP contribution < -0.4 is 0 Å². The van der Waals surface area contributed by atoms with E-state index in [2.05, 4.69) is 0 Å². The first-order chi connectivity index (χ1) is 10.1. The molecule has 21 heavy (non-hydrogen) atoms. The molecule has 5 heteroatoms. The smallest absolute Gasteiger partial charge is 0.210 e. The molecule has 0 aliphatic heterocycles. The maximum Gasteiger partial charge on any atom is 0.210 e. The summed E-state index contributed by atoms with van der Waals surface area (Å²) < 4.78 is 2.26. The summed E-state index contributed by atoms with van der Waals surface area (Å²) in [6.45, 7) is 2.53. The minimum absolute atomic E-state index is 0.0598. The molecule has 1 N–H and O–H groups in total. The maximum absolute atomic E-state index is 12.2. The number of rotatable bonds is 2. The number of ketones is 1. The van der Waals surface area contributed by atoms with Crippen molar-refractivity contribution < 1.29 is 9.90 Å². The van der Waals surface area contributed by atoms with Crippen molar-refractivity contribution in [2.45, 2.75) is 13.5 Å². The van der Waals surface area contributed by atoms with E-state index in [1.165, 1.54) is 11.3 Å². The molecule has 1 heterocycles. The summed E-state index contributed by atoms with van der Waals surface area (Å²) in [5.74, 6) is 0.0651. The predicted molar refractivity (Wildman–Crippen MR) is 88.8 cm³/mol. The third-order valence-electron chi connectivity index (χ3n) is 3.42. The highest BCUT2D eigenvalue weighted by Gasteiger charge is 2.18. The topological polar surface area (TPSA) is 42.2 Å². The van der Waals surface area contributed by atoms with Gasteiger partial charge in [-0.05, 0) is 42.4 Å². The number of hydrogen-bond donors (Lipinski definition) is 1. The second-order valence-corrected chi connectivity index (χ2v) is 6.32. The molecule has 106 valence electrons. The Morgan fingerprint density at radius 2 is 2.10 bits per heavy atom. The van der Waals surface area contributed by atoms with Gasteiger partial charge in [-0.3, -0.25) is 9.36 Å². The van der Waals surface area contributed by atoms with Crippen molar-refractivity contribution in [3.05, 3.63) is 50.3 Å². The van der Waals surface area contributed by atoms with Crippen LogP contribution in [0.25, 0.3) is 17.7 Å². The number of nitrogens with zero attached hydrogens (tertiary/aromatic N) is 1. The van der Waals surface area contributed by atoms with Gasteiger partial charge in [-0.1, -0.05) is 30.3 Å². The Morgan fingerprint density at radius 3 is 2.81 bits per heavy atom. The first-order valence-corrected chi connectivity index (χ1v) is 7.80. The van der Waals surface area contributed by atoms with Crippen molar-refractivity contribution in [2.75, 3.05) is 0 Å². The number of carbonyl (C=O) groups is 1. The van der Waals surface area contributed by atoms with E-state index in [1.807, 2.05) is 37.3 Å². The Bertz CT molecular complexity index is 840. The van der Waals surface area contributed by atoms with E-state index in [0.717, 1.165) is 11.1 Å². The molecule has 0 spiro atoms. The highest BCUT2D eigenvalue weighted by atomic mass is 32.1. The normalized spacial score (nSPS) is 15.5. The monoisotopic (exact) mass is 315 g/mol. The molecule has 0 saturated heterocycles. The molecule has 1 aromatic heterocycles. The van der Waals surface area contributed by atoms with Gasteiger partial charge in [-0.15, -0.1) is 11.3 Å². The van der Waals surface area contributed by atoms with Gasteiger partial charge in [0.05, 0.1) is 4.88 Å². The Kier molecular flexibility index (Phi) is 3.61. The SMILES string of the molecule is CCn1c(O)c(/C=C2\C(=O)C=Cc3ccccc32)sc1=S. The van der Waals surface area contributed by atoms with Crippen molar-refractivity contribution in [3.8, 4) is 5.88 Å². The minimum Gasteiger partial charge on any atom is -0.493 e. The fourth-order valence-electron chi connectivity index (χ4n) is 2.34. The largest absolute Gasteiger partial charge is 0.493 e. The summed E-state index contributed by atoms with van der Waals surface area (Å²) in [6.07, 6.45) is 5.10. The number of carbonyl (C=O) groups excluding carboxylic acids is 1. The van der Waals surface area contributed by atoms with Crippen LogP contribution in [0.1, 0.15) is 22.9 Å². The molecule has 0 amide bonds. The Hall–Kier alpha value is -1.98. The number of fused-ring (bicyclic) bond motifs is 1. The lowest BCUT2D eigenvalue weighted by atomic mass is 9.91. The fraction of sp³-hybridized carbons (Fsp3) is 0.125. The fourth-order valence-corrected chi connectivity index (χ4v) is 3.72. The summed E-state index contributed by atoms with van der Waals surface area (Å²) in [5.41, 5.74) is 2.47. The van der Waals surface area contributed by atoms with Crippen LogP contribution in [0.5, 0.6) is 5.88 Å². The van der Waals surface area contributed by atoms with Crippen molar-refractivity contribution in [3.63, 3.8) is 0 Å². The van der Waals surface area contributed by atoms with Crippen molar-refractivity contribution >= 4 is 47.1 Å². The number of benzene rings is 1.